The van der Waals surface area contributed by atoms with Gasteiger partial charge < -0.3 is 5.32 Å². The highest BCUT2D eigenvalue weighted by molar-refractivity contribution is 7.91. The molecule has 0 amide bonds. The van der Waals surface area contributed by atoms with Crippen LogP contribution in [-0.4, -0.2) is 38.9 Å². The number of nitrogens with one attached hydrogen (secondary N) is 1. The lowest BCUT2D eigenvalue weighted by Gasteiger charge is -2.36. The molecule has 1 fully saturated rings. The predicted molar refractivity (Wildman–Crippen MR) is 102 cm³/mol. The number of sulfonamides is 1. The van der Waals surface area contributed by atoms with E-state index in [2.05, 4.69) is 26.1 Å². The second-order valence-electron chi connectivity index (χ2n) is 7.97. The first-order valence-corrected chi connectivity index (χ1v) is 11.3. The molecule has 1 heterocycles. The number of hydrogen-bond acceptors (Lipinski definition) is 4. The van der Waals surface area contributed by atoms with Crippen LogP contribution < -0.4 is 5.32 Å². The van der Waals surface area contributed by atoms with Crippen LogP contribution in [-0.2, 0) is 10.0 Å². The highest BCUT2D eigenvalue weighted by Gasteiger charge is 2.33. The number of thiophene rings is 1. The van der Waals surface area contributed by atoms with Crippen molar-refractivity contribution in [1.82, 2.24) is 9.62 Å². The molecule has 6 heteroatoms. The van der Waals surface area contributed by atoms with E-state index in [1.807, 2.05) is 18.5 Å². The number of nitrogens with zero attached hydrogens (tertiary/aromatic N) is 1. The second-order valence-corrected chi connectivity index (χ2v) is 11.1. The van der Waals surface area contributed by atoms with E-state index in [1.54, 1.807) is 10.4 Å². The van der Waals surface area contributed by atoms with Gasteiger partial charge in [0.1, 0.15) is 4.21 Å². The van der Waals surface area contributed by atoms with Gasteiger partial charge in [-0.1, -0.05) is 46.1 Å². The summed E-state index contributed by atoms with van der Waals surface area (Å²) in [5.41, 5.74) is 0.00450. The van der Waals surface area contributed by atoms with Crippen molar-refractivity contribution >= 4 is 21.4 Å². The third-order valence-electron chi connectivity index (χ3n) is 5.06. The first-order valence-electron chi connectivity index (χ1n) is 8.96. The van der Waals surface area contributed by atoms with Crippen molar-refractivity contribution in [3.8, 4) is 0 Å². The van der Waals surface area contributed by atoms with Gasteiger partial charge in [0.25, 0.3) is 10.0 Å². The van der Waals surface area contributed by atoms with Crippen LogP contribution in [0.4, 0.5) is 0 Å². The molecule has 24 heavy (non-hydrogen) atoms. The molecule has 1 aromatic rings. The fourth-order valence-corrected chi connectivity index (χ4v) is 6.14. The molecule has 0 aliphatic heterocycles. The highest BCUT2D eigenvalue weighted by atomic mass is 32.2. The SMILES string of the molecule is CN[C@H](CN(CC1CCCCC1)S(=O)(=O)c1cccs1)C(C)(C)C. The molecule has 0 spiro atoms. The largest absolute Gasteiger partial charge is 0.315 e. The van der Waals surface area contributed by atoms with Crippen LogP contribution >= 0.6 is 11.3 Å². The first-order chi connectivity index (χ1) is 11.2. The standard InChI is InChI=1S/C18H32N2O2S2/c1-18(2,3)16(19-4)14-20(13-15-9-6-5-7-10-15)24(21,22)17-11-8-12-23-17/h8,11-12,15-16,19H,5-7,9-10,13-14H2,1-4H3/t16-/m1/s1. The fraction of sp³-hybridized carbons (Fsp3) is 0.778. The molecule has 1 aliphatic carbocycles. The third-order valence-corrected chi connectivity index (χ3v) is 8.26. The van der Waals surface area contributed by atoms with Gasteiger partial charge in [-0.25, -0.2) is 8.42 Å². The van der Waals surface area contributed by atoms with Gasteiger partial charge in [-0.3, -0.25) is 0 Å². The number of likely N-dealkylation sites (N-methyl/N-ethyl adjacent to an activating group) is 1. The van der Waals surface area contributed by atoms with E-state index in [0.717, 1.165) is 12.8 Å². The molecule has 0 saturated heterocycles. The Morgan fingerprint density at radius 2 is 1.96 bits per heavy atom. The minimum absolute atomic E-state index is 0.00450. The Hall–Kier alpha value is -0.430. The van der Waals surface area contributed by atoms with Crippen molar-refractivity contribution in [3.63, 3.8) is 0 Å². The lowest BCUT2D eigenvalue weighted by Crippen LogP contribution is -2.50. The maximum Gasteiger partial charge on any atom is 0.252 e. The molecule has 1 aliphatic rings. The van der Waals surface area contributed by atoms with Crippen LogP contribution in [0.15, 0.2) is 21.7 Å². The van der Waals surface area contributed by atoms with Gasteiger partial charge in [-0.05, 0) is 42.7 Å². The monoisotopic (exact) mass is 372 g/mol. The predicted octanol–water partition coefficient (Wildman–Crippen LogP) is 3.95. The maximum absolute atomic E-state index is 13.2. The molecular weight excluding hydrogens is 340 g/mol. The van der Waals surface area contributed by atoms with E-state index in [4.69, 9.17) is 0 Å². The van der Waals surface area contributed by atoms with Gasteiger partial charge in [0, 0.05) is 19.1 Å². The zero-order valence-corrected chi connectivity index (χ0v) is 17.0. The van der Waals surface area contributed by atoms with E-state index >= 15 is 0 Å². The summed E-state index contributed by atoms with van der Waals surface area (Å²) in [6.07, 6.45) is 6.04. The quantitative estimate of drug-likeness (QED) is 0.788. The first kappa shape index (κ1) is 19.9. The molecule has 1 N–H and O–H groups in total. The van der Waals surface area contributed by atoms with Gasteiger partial charge in [-0.2, -0.15) is 4.31 Å². The summed E-state index contributed by atoms with van der Waals surface area (Å²) in [5, 5.41) is 5.16. The van der Waals surface area contributed by atoms with Crippen molar-refractivity contribution in [2.75, 3.05) is 20.1 Å². The Balaban J connectivity index is 2.23. The minimum atomic E-state index is -3.41. The van der Waals surface area contributed by atoms with Crippen LogP contribution in [0.2, 0.25) is 0 Å². The Morgan fingerprint density at radius 3 is 2.46 bits per heavy atom. The molecule has 138 valence electrons. The van der Waals surface area contributed by atoms with E-state index < -0.39 is 10.0 Å². The Bertz CT molecular complexity index is 585. The number of hydrogen-bond donors (Lipinski definition) is 1. The third kappa shape index (κ3) is 5.04. The minimum Gasteiger partial charge on any atom is -0.315 e. The molecule has 0 unspecified atom stereocenters. The van der Waals surface area contributed by atoms with E-state index in [0.29, 0.717) is 23.2 Å². The second kappa shape index (κ2) is 8.30. The van der Waals surface area contributed by atoms with Crippen LogP contribution in [0.25, 0.3) is 0 Å². The van der Waals surface area contributed by atoms with Gasteiger partial charge in [-0.15, -0.1) is 11.3 Å². The zero-order valence-electron chi connectivity index (χ0n) is 15.4. The van der Waals surface area contributed by atoms with Crippen molar-refractivity contribution in [2.24, 2.45) is 11.3 Å². The number of rotatable bonds is 7. The Labute approximate surface area is 151 Å². The normalized spacial score (nSPS) is 18.9. The van der Waals surface area contributed by atoms with Crippen LogP contribution in [0.1, 0.15) is 52.9 Å². The van der Waals surface area contributed by atoms with E-state index in [9.17, 15) is 8.42 Å². The Morgan fingerprint density at radius 1 is 1.29 bits per heavy atom. The lowest BCUT2D eigenvalue weighted by atomic mass is 9.86. The molecule has 1 atom stereocenters. The van der Waals surface area contributed by atoms with Crippen molar-refractivity contribution in [3.05, 3.63) is 17.5 Å². The smallest absolute Gasteiger partial charge is 0.252 e. The van der Waals surface area contributed by atoms with Crippen LogP contribution in [0.3, 0.4) is 0 Å². The summed E-state index contributed by atoms with van der Waals surface area (Å²) in [7, 11) is -1.49. The van der Waals surface area contributed by atoms with E-state index in [-0.39, 0.29) is 11.5 Å². The summed E-state index contributed by atoms with van der Waals surface area (Å²) in [4.78, 5) is 0. The molecule has 0 radical (unpaired) electrons. The highest BCUT2D eigenvalue weighted by Crippen LogP contribution is 2.30. The topological polar surface area (TPSA) is 49.4 Å². The zero-order chi connectivity index (χ0) is 17.8. The molecule has 0 bridgehead atoms. The summed E-state index contributed by atoms with van der Waals surface area (Å²) in [6.45, 7) is 7.64. The summed E-state index contributed by atoms with van der Waals surface area (Å²) in [6, 6.07) is 3.66. The van der Waals surface area contributed by atoms with Gasteiger partial charge >= 0.3 is 0 Å². The Kier molecular flexibility index (Phi) is 6.88. The molecule has 2 rings (SSSR count). The van der Waals surface area contributed by atoms with Crippen LogP contribution in [0.5, 0.6) is 0 Å². The van der Waals surface area contributed by atoms with Crippen molar-refractivity contribution < 1.29 is 8.42 Å². The molecule has 4 nitrogen and oxygen atoms in total. The summed E-state index contributed by atoms with van der Waals surface area (Å²) >= 11 is 1.31. The van der Waals surface area contributed by atoms with Crippen molar-refractivity contribution in [1.29, 1.82) is 0 Å². The molecule has 0 aromatic carbocycles. The summed E-state index contributed by atoms with van der Waals surface area (Å²) in [5.74, 6) is 0.492. The molecule has 1 aromatic heterocycles. The molecular formula is C18H32N2O2S2. The van der Waals surface area contributed by atoms with Gasteiger partial charge in [0.15, 0.2) is 0 Å². The van der Waals surface area contributed by atoms with Gasteiger partial charge in [0.05, 0.1) is 0 Å². The maximum atomic E-state index is 13.2. The lowest BCUT2D eigenvalue weighted by molar-refractivity contribution is 0.208. The fourth-order valence-electron chi connectivity index (χ4n) is 3.47. The molecule has 1 saturated carbocycles. The summed E-state index contributed by atoms with van der Waals surface area (Å²) < 4.78 is 28.5. The van der Waals surface area contributed by atoms with Crippen molar-refractivity contribution in [2.45, 2.75) is 63.1 Å². The van der Waals surface area contributed by atoms with E-state index in [1.165, 1.54) is 30.6 Å². The van der Waals surface area contributed by atoms with Crippen LogP contribution in [0, 0.1) is 11.3 Å². The average Bonchev–Trinajstić information content (AvgIpc) is 3.06. The van der Waals surface area contributed by atoms with Gasteiger partial charge in [0.2, 0.25) is 0 Å². The average molecular weight is 373 g/mol.